The zero-order valence-corrected chi connectivity index (χ0v) is 25.8. The Morgan fingerprint density at radius 1 is 1.10 bits per heavy atom. The summed E-state index contributed by atoms with van der Waals surface area (Å²) in [6.45, 7) is 3.73. The van der Waals surface area contributed by atoms with Crippen LogP contribution in [-0.4, -0.2) is 91.4 Å². The van der Waals surface area contributed by atoms with E-state index in [2.05, 4.69) is 30.8 Å². The number of alkyl halides is 2. The molecule has 0 bridgehead atoms. The van der Waals surface area contributed by atoms with Crippen LogP contribution in [0.5, 0.6) is 0 Å². The fourth-order valence-electron chi connectivity index (χ4n) is 6.44. The number of rotatable bonds is 8. The van der Waals surface area contributed by atoms with Crippen molar-refractivity contribution >= 4 is 34.9 Å². The number of carbonyl (C=O) groups is 3. The Kier molecular flexibility index (Phi) is 8.79. The number of amides is 3. The quantitative estimate of drug-likeness (QED) is 0.212. The van der Waals surface area contributed by atoms with E-state index in [4.69, 9.17) is 4.74 Å². The molecule has 0 spiro atoms. The second-order valence-electron chi connectivity index (χ2n) is 12.1. The van der Waals surface area contributed by atoms with Gasteiger partial charge in [0, 0.05) is 63.3 Å². The van der Waals surface area contributed by atoms with E-state index in [-0.39, 0.29) is 36.2 Å². The Labute approximate surface area is 272 Å². The van der Waals surface area contributed by atoms with Crippen LogP contribution in [0.4, 0.5) is 24.7 Å². The Morgan fingerprint density at radius 2 is 1.90 bits per heavy atom. The van der Waals surface area contributed by atoms with Gasteiger partial charge in [0.15, 0.2) is 11.3 Å². The average molecular weight is 667 g/mol. The van der Waals surface area contributed by atoms with Gasteiger partial charge >= 0.3 is 0 Å². The average Bonchev–Trinajstić information content (AvgIpc) is 3.71. The van der Waals surface area contributed by atoms with E-state index >= 15 is 0 Å². The van der Waals surface area contributed by atoms with E-state index in [0.717, 1.165) is 0 Å². The summed E-state index contributed by atoms with van der Waals surface area (Å²) < 4.78 is 51.2. The van der Waals surface area contributed by atoms with Gasteiger partial charge in [-0.15, -0.1) is 0 Å². The lowest BCUT2D eigenvalue weighted by molar-refractivity contribution is -0.134. The molecule has 0 aromatic carbocycles. The summed E-state index contributed by atoms with van der Waals surface area (Å²) in [7, 11) is 0. The third-order valence-electron chi connectivity index (χ3n) is 9.05. The third-order valence-corrected chi connectivity index (χ3v) is 9.05. The highest BCUT2D eigenvalue weighted by atomic mass is 19.3. The summed E-state index contributed by atoms with van der Waals surface area (Å²) >= 11 is 0. The van der Waals surface area contributed by atoms with E-state index in [9.17, 15) is 27.6 Å². The molecule has 0 saturated carbocycles. The Balaban J connectivity index is 1.01. The molecule has 7 rings (SSSR count). The number of piperidine rings is 2. The van der Waals surface area contributed by atoms with Crippen LogP contribution in [0.1, 0.15) is 71.2 Å². The van der Waals surface area contributed by atoms with Crippen molar-refractivity contribution in [3.8, 4) is 0 Å². The van der Waals surface area contributed by atoms with E-state index in [0.29, 0.717) is 81.2 Å². The lowest BCUT2D eigenvalue weighted by Gasteiger charge is -2.32. The number of aromatic nitrogens is 6. The number of likely N-dealkylation sites (tertiary alicyclic amines) is 1. The van der Waals surface area contributed by atoms with Crippen LogP contribution >= 0.6 is 0 Å². The molecule has 3 fully saturated rings. The van der Waals surface area contributed by atoms with Crippen LogP contribution in [0.15, 0.2) is 36.9 Å². The van der Waals surface area contributed by atoms with Crippen LogP contribution < -0.4 is 15.5 Å². The maximum Gasteiger partial charge on any atom is 0.284 e. The van der Waals surface area contributed by atoms with Gasteiger partial charge in [0.05, 0.1) is 37.1 Å². The fourth-order valence-corrected chi connectivity index (χ4v) is 6.44. The third kappa shape index (κ3) is 6.47. The number of fused-ring (bicyclic) bond motifs is 1. The highest BCUT2D eigenvalue weighted by Crippen LogP contribution is 2.32. The van der Waals surface area contributed by atoms with Crippen molar-refractivity contribution in [2.75, 3.05) is 49.6 Å². The van der Waals surface area contributed by atoms with Gasteiger partial charge in [-0.2, -0.15) is 14.6 Å². The van der Waals surface area contributed by atoms with Gasteiger partial charge in [-0.1, -0.05) is 0 Å². The first-order chi connectivity index (χ1) is 23.2. The number of hydrogen-bond acceptors (Lipinski definition) is 10. The summed E-state index contributed by atoms with van der Waals surface area (Å²) in [6.07, 6.45) is 4.49. The molecule has 48 heavy (non-hydrogen) atoms. The molecule has 17 heteroatoms. The molecular weight excluding hydrogens is 633 g/mol. The molecule has 7 heterocycles. The van der Waals surface area contributed by atoms with Gasteiger partial charge in [-0.05, 0) is 37.0 Å². The van der Waals surface area contributed by atoms with Crippen LogP contribution in [-0.2, 0) is 20.9 Å². The van der Waals surface area contributed by atoms with Gasteiger partial charge < -0.3 is 15.0 Å². The first-order valence-corrected chi connectivity index (χ1v) is 15.8. The van der Waals surface area contributed by atoms with Gasteiger partial charge in [0.25, 0.3) is 12.3 Å². The molecule has 2 N–H and O–H groups in total. The number of imide groups is 1. The van der Waals surface area contributed by atoms with Crippen molar-refractivity contribution in [1.29, 1.82) is 0 Å². The molecule has 3 aliphatic heterocycles. The predicted molar refractivity (Wildman–Crippen MR) is 164 cm³/mol. The molecule has 3 amide bonds. The van der Waals surface area contributed by atoms with Crippen molar-refractivity contribution in [2.45, 2.75) is 50.6 Å². The fraction of sp³-hybridized carbons (Fsp3) is 0.452. The predicted octanol–water partition coefficient (Wildman–Crippen LogP) is 2.84. The number of morpholine rings is 1. The molecule has 1 unspecified atom stereocenters. The van der Waals surface area contributed by atoms with Crippen molar-refractivity contribution in [1.82, 2.24) is 39.6 Å². The maximum atomic E-state index is 14.7. The Bertz CT molecular complexity index is 1850. The molecule has 14 nitrogen and oxygen atoms in total. The zero-order valence-electron chi connectivity index (χ0n) is 25.8. The van der Waals surface area contributed by atoms with Gasteiger partial charge in [0.2, 0.25) is 17.8 Å². The number of carbonyl (C=O) groups excluding carboxylic acids is 3. The van der Waals surface area contributed by atoms with E-state index in [1.807, 2.05) is 9.80 Å². The monoisotopic (exact) mass is 666 g/mol. The summed E-state index contributed by atoms with van der Waals surface area (Å²) in [5.41, 5.74) is 0.675. The lowest BCUT2D eigenvalue weighted by Crippen LogP contribution is -2.39. The summed E-state index contributed by atoms with van der Waals surface area (Å²) in [5, 5.41) is 13.3. The highest BCUT2D eigenvalue weighted by Gasteiger charge is 2.30. The minimum Gasteiger partial charge on any atom is -0.378 e. The first-order valence-electron chi connectivity index (χ1n) is 15.8. The van der Waals surface area contributed by atoms with Crippen molar-refractivity contribution in [2.24, 2.45) is 0 Å². The van der Waals surface area contributed by atoms with Crippen LogP contribution in [0.25, 0.3) is 5.65 Å². The van der Waals surface area contributed by atoms with E-state index in [1.165, 1.54) is 27.8 Å². The SMILES string of the molecule is O=C1CCC(c2cnc(F)c(CN3CCC(n4cc(NC(=O)c5cnn6ccc(N7CCOCC7)nc56)c(C(F)F)n4)CC3)c2)C(=O)N1. The molecule has 252 valence electrons. The minimum absolute atomic E-state index is 0.0977. The van der Waals surface area contributed by atoms with Crippen molar-refractivity contribution < 1.29 is 32.3 Å². The molecule has 0 aliphatic carbocycles. The minimum atomic E-state index is -2.93. The summed E-state index contributed by atoms with van der Waals surface area (Å²) in [4.78, 5) is 49.7. The standard InChI is InChI=1S/C31H33F3N10O4/c32-27(33)26-23(37-31(47)22-15-36-43-8-5-24(38-29(22)43)42-9-11-48-12-10-42)17-44(40-26)20-3-6-41(7-4-20)16-19-13-18(14-35-28(19)34)21-1-2-25(45)39-30(21)46/h5,8,13-15,17,20-21,27H,1-4,6-7,9-12,16H2,(H,37,47)(H,39,45,46). The number of hydrogen-bond donors (Lipinski definition) is 2. The van der Waals surface area contributed by atoms with E-state index in [1.54, 1.807) is 18.3 Å². The van der Waals surface area contributed by atoms with Gasteiger partial charge in [0.1, 0.15) is 11.4 Å². The number of nitrogens with one attached hydrogen (secondary N) is 2. The molecule has 4 aromatic heterocycles. The topological polar surface area (TPSA) is 152 Å². The normalized spacial score (nSPS) is 19.7. The first kappa shape index (κ1) is 31.7. The van der Waals surface area contributed by atoms with Crippen molar-refractivity contribution in [3.05, 3.63) is 65.3 Å². The molecule has 3 saturated heterocycles. The van der Waals surface area contributed by atoms with Crippen LogP contribution in [0.2, 0.25) is 0 Å². The second-order valence-corrected chi connectivity index (χ2v) is 12.1. The molecule has 3 aliphatic rings. The largest absolute Gasteiger partial charge is 0.378 e. The Morgan fingerprint density at radius 3 is 2.65 bits per heavy atom. The molecule has 0 radical (unpaired) electrons. The van der Waals surface area contributed by atoms with Crippen LogP contribution in [0, 0.1) is 5.95 Å². The van der Waals surface area contributed by atoms with Gasteiger partial charge in [-0.25, -0.2) is 23.3 Å². The second kappa shape index (κ2) is 13.3. The van der Waals surface area contributed by atoms with Crippen molar-refractivity contribution in [3.63, 3.8) is 0 Å². The molecule has 1 atom stereocenters. The smallest absolute Gasteiger partial charge is 0.284 e. The number of pyridine rings is 1. The highest BCUT2D eigenvalue weighted by molar-refractivity contribution is 6.08. The van der Waals surface area contributed by atoms with E-state index < -0.39 is 35.8 Å². The lowest BCUT2D eigenvalue weighted by atomic mass is 9.91. The number of halogens is 3. The van der Waals surface area contributed by atoms with Gasteiger partial charge in [-0.3, -0.25) is 29.3 Å². The number of ether oxygens (including phenoxy) is 1. The zero-order chi connectivity index (χ0) is 33.4. The molecule has 4 aromatic rings. The van der Waals surface area contributed by atoms with Crippen LogP contribution in [0.3, 0.4) is 0 Å². The summed E-state index contributed by atoms with van der Waals surface area (Å²) in [6, 6.07) is 3.19. The summed E-state index contributed by atoms with van der Waals surface area (Å²) in [5.74, 6) is -1.93. The number of nitrogens with zero attached hydrogens (tertiary/aromatic N) is 8. The maximum absolute atomic E-state index is 14.7. The number of anilines is 2. The Hall–Kier alpha value is -4.90. The molecular formula is C31H33F3N10O4.